The van der Waals surface area contributed by atoms with E-state index in [1.807, 2.05) is 18.2 Å². The van der Waals surface area contributed by atoms with Crippen molar-refractivity contribution in [2.75, 3.05) is 18.9 Å². The smallest absolute Gasteiger partial charge is 0.257 e. The highest BCUT2D eigenvalue weighted by Crippen LogP contribution is 2.12. The SMILES string of the molecule is CC(=O)c1ccc(OCC(=O)NCCS(=O)c2ccccc2)cc1. The first-order valence-corrected chi connectivity index (χ1v) is 8.82. The summed E-state index contributed by atoms with van der Waals surface area (Å²) in [4.78, 5) is 23.6. The Morgan fingerprint density at radius 1 is 1.04 bits per heavy atom. The van der Waals surface area contributed by atoms with E-state index in [1.54, 1.807) is 36.4 Å². The highest BCUT2D eigenvalue weighted by molar-refractivity contribution is 7.85. The molecule has 24 heavy (non-hydrogen) atoms. The van der Waals surface area contributed by atoms with Gasteiger partial charge in [-0.25, -0.2) is 0 Å². The molecule has 0 saturated carbocycles. The molecule has 0 radical (unpaired) electrons. The van der Waals surface area contributed by atoms with Crippen molar-refractivity contribution in [3.05, 3.63) is 60.2 Å². The van der Waals surface area contributed by atoms with Crippen molar-refractivity contribution in [1.82, 2.24) is 5.32 Å². The van der Waals surface area contributed by atoms with Crippen LogP contribution in [-0.2, 0) is 15.6 Å². The quantitative estimate of drug-likeness (QED) is 0.745. The number of nitrogens with one attached hydrogen (secondary N) is 1. The molecule has 0 aliphatic rings. The average Bonchev–Trinajstić information content (AvgIpc) is 2.61. The Morgan fingerprint density at radius 3 is 2.33 bits per heavy atom. The summed E-state index contributed by atoms with van der Waals surface area (Å²) in [5.41, 5.74) is 0.593. The second-order valence-corrected chi connectivity index (χ2v) is 6.65. The van der Waals surface area contributed by atoms with Crippen LogP contribution < -0.4 is 10.1 Å². The van der Waals surface area contributed by atoms with E-state index < -0.39 is 10.8 Å². The minimum absolute atomic E-state index is 0.0225. The maximum atomic E-state index is 12.0. The summed E-state index contributed by atoms with van der Waals surface area (Å²) in [6.45, 7) is 1.67. The van der Waals surface area contributed by atoms with Gasteiger partial charge in [0.1, 0.15) is 5.75 Å². The number of ketones is 1. The third kappa shape index (κ3) is 5.62. The van der Waals surface area contributed by atoms with Crippen molar-refractivity contribution in [2.24, 2.45) is 0 Å². The molecule has 0 bridgehead atoms. The van der Waals surface area contributed by atoms with Crippen LogP contribution in [0.25, 0.3) is 0 Å². The number of amides is 1. The molecule has 0 saturated heterocycles. The molecule has 1 atom stereocenters. The number of ether oxygens (including phenoxy) is 1. The molecule has 2 aromatic carbocycles. The zero-order chi connectivity index (χ0) is 17.4. The predicted molar refractivity (Wildman–Crippen MR) is 92.7 cm³/mol. The lowest BCUT2D eigenvalue weighted by Crippen LogP contribution is -2.32. The van der Waals surface area contributed by atoms with E-state index in [-0.39, 0.29) is 18.3 Å². The summed E-state index contributed by atoms with van der Waals surface area (Å²) in [7, 11) is -1.13. The van der Waals surface area contributed by atoms with Crippen LogP contribution in [0.2, 0.25) is 0 Å². The van der Waals surface area contributed by atoms with Gasteiger partial charge in [0, 0.05) is 22.8 Å². The average molecular weight is 345 g/mol. The predicted octanol–water partition coefficient (Wildman–Crippen LogP) is 2.19. The van der Waals surface area contributed by atoms with Crippen molar-refractivity contribution < 1.29 is 18.5 Å². The molecule has 2 rings (SSSR count). The molecule has 5 nitrogen and oxygen atoms in total. The van der Waals surface area contributed by atoms with Gasteiger partial charge in [-0.05, 0) is 43.3 Å². The Morgan fingerprint density at radius 2 is 1.71 bits per heavy atom. The number of hydrogen-bond acceptors (Lipinski definition) is 4. The maximum absolute atomic E-state index is 12.0. The first kappa shape index (κ1) is 17.9. The molecule has 0 aliphatic heterocycles. The molecule has 0 spiro atoms. The Bertz CT molecular complexity index is 714. The normalized spacial score (nSPS) is 11.5. The van der Waals surface area contributed by atoms with Gasteiger partial charge in [0.25, 0.3) is 5.91 Å². The van der Waals surface area contributed by atoms with Gasteiger partial charge < -0.3 is 10.1 Å². The highest BCUT2D eigenvalue weighted by Gasteiger charge is 2.06. The van der Waals surface area contributed by atoms with Crippen LogP contribution in [0.5, 0.6) is 5.75 Å². The Hall–Kier alpha value is -2.47. The van der Waals surface area contributed by atoms with Crippen molar-refractivity contribution >= 4 is 22.5 Å². The highest BCUT2D eigenvalue weighted by atomic mass is 32.2. The summed E-state index contributed by atoms with van der Waals surface area (Å²) in [6, 6.07) is 15.7. The molecule has 126 valence electrons. The molecule has 6 heteroatoms. The summed E-state index contributed by atoms with van der Waals surface area (Å²) < 4.78 is 17.3. The minimum atomic E-state index is -1.13. The zero-order valence-electron chi connectivity index (χ0n) is 13.4. The molecular weight excluding hydrogens is 326 g/mol. The van der Waals surface area contributed by atoms with Gasteiger partial charge in [-0.2, -0.15) is 0 Å². The van der Waals surface area contributed by atoms with Gasteiger partial charge in [0.05, 0.1) is 10.8 Å². The van der Waals surface area contributed by atoms with Crippen LogP contribution in [-0.4, -0.2) is 34.8 Å². The fraction of sp³-hybridized carbons (Fsp3) is 0.222. The first-order valence-electron chi connectivity index (χ1n) is 7.50. The van der Waals surface area contributed by atoms with E-state index in [0.29, 0.717) is 23.6 Å². The molecule has 1 N–H and O–H groups in total. The lowest BCUT2D eigenvalue weighted by molar-refractivity contribution is -0.122. The monoisotopic (exact) mass is 345 g/mol. The molecule has 0 aliphatic carbocycles. The summed E-state index contributed by atoms with van der Waals surface area (Å²) in [6.07, 6.45) is 0. The van der Waals surface area contributed by atoms with Gasteiger partial charge in [0.2, 0.25) is 0 Å². The number of hydrogen-bond donors (Lipinski definition) is 1. The van der Waals surface area contributed by atoms with Crippen LogP contribution in [0.4, 0.5) is 0 Å². The molecule has 1 unspecified atom stereocenters. The van der Waals surface area contributed by atoms with E-state index in [2.05, 4.69) is 5.32 Å². The molecular formula is C18H19NO4S. The van der Waals surface area contributed by atoms with E-state index in [4.69, 9.17) is 4.74 Å². The summed E-state index contributed by atoms with van der Waals surface area (Å²) >= 11 is 0. The van der Waals surface area contributed by atoms with Gasteiger partial charge in [-0.3, -0.25) is 13.8 Å². The van der Waals surface area contributed by atoms with Gasteiger partial charge in [0.15, 0.2) is 12.4 Å². The standard InChI is InChI=1S/C18H19NO4S/c1-14(20)15-7-9-16(10-8-15)23-13-18(21)19-11-12-24(22)17-5-3-2-4-6-17/h2-10H,11-13H2,1H3,(H,19,21). The van der Waals surface area contributed by atoms with Crippen molar-refractivity contribution in [1.29, 1.82) is 0 Å². The van der Waals surface area contributed by atoms with Crippen LogP contribution in [0, 0.1) is 0 Å². The van der Waals surface area contributed by atoms with Crippen molar-refractivity contribution in [3.8, 4) is 5.75 Å². The molecule has 2 aromatic rings. The lowest BCUT2D eigenvalue weighted by atomic mass is 10.1. The Kier molecular flexibility index (Phi) is 6.69. The fourth-order valence-corrected chi connectivity index (χ4v) is 2.94. The second-order valence-electron chi connectivity index (χ2n) is 5.08. The lowest BCUT2D eigenvalue weighted by Gasteiger charge is -2.08. The zero-order valence-corrected chi connectivity index (χ0v) is 14.2. The van der Waals surface area contributed by atoms with Crippen molar-refractivity contribution in [2.45, 2.75) is 11.8 Å². The first-order chi connectivity index (χ1) is 11.6. The number of Topliss-reactive ketones (excluding diaryl/α,β-unsaturated/α-hetero) is 1. The number of benzene rings is 2. The van der Waals surface area contributed by atoms with E-state index in [9.17, 15) is 13.8 Å². The Labute approximate surface area is 143 Å². The number of carbonyl (C=O) groups is 2. The van der Waals surface area contributed by atoms with Crippen LogP contribution in [0.1, 0.15) is 17.3 Å². The third-order valence-electron chi connectivity index (χ3n) is 3.25. The summed E-state index contributed by atoms with van der Waals surface area (Å²) in [5, 5.41) is 2.67. The largest absolute Gasteiger partial charge is 0.484 e. The van der Waals surface area contributed by atoms with Crippen molar-refractivity contribution in [3.63, 3.8) is 0 Å². The van der Waals surface area contributed by atoms with E-state index in [1.165, 1.54) is 6.92 Å². The van der Waals surface area contributed by atoms with Gasteiger partial charge in [-0.15, -0.1) is 0 Å². The van der Waals surface area contributed by atoms with Gasteiger partial charge >= 0.3 is 0 Å². The van der Waals surface area contributed by atoms with Crippen LogP contribution in [0.15, 0.2) is 59.5 Å². The Balaban J connectivity index is 1.70. The van der Waals surface area contributed by atoms with Gasteiger partial charge in [-0.1, -0.05) is 18.2 Å². The second kappa shape index (κ2) is 8.98. The number of rotatable bonds is 8. The molecule has 0 heterocycles. The van der Waals surface area contributed by atoms with E-state index in [0.717, 1.165) is 4.90 Å². The molecule has 0 fully saturated rings. The number of carbonyl (C=O) groups excluding carboxylic acids is 2. The molecule has 1 amide bonds. The van der Waals surface area contributed by atoms with Crippen LogP contribution in [0.3, 0.4) is 0 Å². The fourth-order valence-electron chi connectivity index (χ4n) is 1.96. The third-order valence-corrected chi connectivity index (χ3v) is 4.62. The minimum Gasteiger partial charge on any atom is -0.484 e. The molecule has 0 aromatic heterocycles. The van der Waals surface area contributed by atoms with Crippen LogP contribution >= 0.6 is 0 Å². The topological polar surface area (TPSA) is 72.5 Å². The summed E-state index contributed by atoms with van der Waals surface area (Å²) in [5.74, 6) is 0.563. The maximum Gasteiger partial charge on any atom is 0.257 e. The van der Waals surface area contributed by atoms with E-state index >= 15 is 0 Å².